The zero-order chi connectivity index (χ0) is 27.7. The van der Waals surface area contributed by atoms with Gasteiger partial charge in [-0.05, 0) is 56.0 Å². The molecule has 206 valence electrons. The number of nitrogens with two attached hydrogens (primary N) is 1. The number of benzene rings is 2. The molecule has 2 atom stereocenters. The molecule has 2 heterocycles. The average molecular weight is 572 g/mol. The van der Waals surface area contributed by atoms with Crippen molar-refractivity contribution in [2.75, 3.05) is 39.6 Å². The van der Waals surface area contributed by atoms with Crippen molar-refractivity contribution in [2.45, 2.75) is 31.7 Å². The second-order valence-corrected chi connectivity index (χ2v) is 11.0. The van der Waals surface area contributed by atoms with Crippen molar-refractivity contribution < 1.29 is 19.1 Å². The number of nitrogens with zero attached hydrogens (tertiary/aromatic N) is 3. The molecule has 1 saturated heterocycles. The highest BCUT2D eigenvalue weighted by atomic mass is 35.5. The fraction of sp³-hybridized carbons (Fsp3) is 0.414. The van der Waals surface area contributed by atoms with Crippen molar-refractivity contribution >= 4 is 46.3 Å². The first-order valence-corrected chi connectivity index (χ1v) is 13.8. The Morgan fingerprint density at radius 2 is 1.64 bits per heavy atom. The number of nitrogen functional groups attached to an aromatic ring is 1. The minimum absolute atomic E-state index is 0.0214. The largest absolute Gasteiger partial charge is 0.493 e. The molecule has 2 unspecified atom stereocenters. The topological polar surface area (TPSA) is 97.5 Å². The molecule has 2 N–H and O–H groups in total. The Morgan fingerprint density at radius 1 is 1.00 bits per heavy atom. The fourth-order valence-corrected chi connectivity index (χ4v) is 6.18. The number of methoxy groups -OCH3 is 2. The van der Waals surface area contributed by atoms with Gasteiger partial charge in [0.25, 0.3) is 0 Å². The number of anilines is 1. The number of rotatable bonds is 7. The summed E-state index contributed by atoms with van der Waals surface area (Å²) in [6.45, 7) is 1.59. The lowest BCUT2D eigenvalue weighted by atomic mass is 9.76. The predicted molar refractivity (Wildman–Crippen MR) is 153 cm³/mol. The number of carbonyl (C=O) groups is 2. The van der Waals surface area contributed by atoms with Crippen LogP contribution in [0.5, 0.6) is 11.5 Å². The van der Waals surface area contributed by atoms with E-state index in [0.717, 1.165) is 30.5 Å². The molecule has 3 aliphatic rings. The van der Waals surface area contributed by atoms with Gasteiger partial charge < -0.3 is 15.2 Å². The van der Waals surface area contributed by atoms with Crippen LogP contribution < -0.4 is 15.2 Å². The molecule has 1 amide bonds. The molecule has 2 aromatic rings. The zero-order valence-corrected chi connectivity index (χ0v) is 23.5. The summed E-state index contributed by atoms with van der Waals surface area (Å²) in [5.74, 6) is 1.16. The lowest BCUT2D eigenvalue weighted by Crippen LogP contribution is -2.52. The number of fused-ring (bicyclic) bond motifs is 1. The van der Waals surface area contributed by atoms with Crippen LogP contribution in [0.1, 0.15) is 41.6 Å². The predicted octanol–water partition coefficient (Wildman–Crippen LogP) is 5.07. The maximum Gasteiger partial charge on any atom is 0.247 e. The quantitative estimate of drug-likeness (QED) is 0.283. The van der Waals surface area contributed by atoms with Gasteiger partial charge in [0.05, 0.1) is 54.2 Å². The number of ether oxygens (including phenoxy) is 2. The molecule has 8 nitrogen and oxygen atoms in total. The Labute approximate surface area is 238 Å². The summed E-state index contributed by atoms with van der Waals surface area (Å²) in [6.07, 6.45) is 7.15. The van der Waals surface area contributed by atoms with E-state index in [4.69, 9.17) is 43.5 Å². The average Bonchev–Trinajstić information content (AvgIpc) is 2.96. The molecule has 39 heavy (non-hydrogen) atoms. The summed E-state index contributed by atoms with van der Waals surface area (Å²) >= 11 is 12.2. The lowest BCUT2D eigenvalue weighted by molar-refractivity contribution is -0.141. The van der Waals surface area contributed by atoms with E-state index in [2.05, 4.69) is 17.1 Å². The Balaban J connectivity index is 1.32. The van der Waals surface area contributed by atoms with E-state index < -0.39 is 0 Å². The molecule has 2 aromatic carbocycles. The third kappa shape index (κ3) is 5.51. The highest BCUT2D eigenvalue weighted by molar-refractivity contribution is 6.39. The molecular formula is C29H32Cl2N4O4. The van der Waals surface area contributed by atoms with Crippen LogP contribution in [0.2, 0.25) is 10.0 Å². The van der Waals surface area contributed by atoms with Gasteiger partial charge in [0, 0.05) is 30.1 Å². The van der Waals surface area contributed by atoms with Crippen molar-refractivity contribution in [3.63, 3.8) is 0 Å². The molecule has 0 saturated carbocycles. The number of ketones is 1. The van der Waals surface area contributed by atoms with Gasteiger partial charge in [0.1, 0.15) is 0 Å². The Morgan fingerprint density at radius 3 is 2.28 bits per heavy atom. The van der Waals surface area contributed by atoms with Gasteiger partial charge in [-0.3, -0.25) is 14.5 Å². The number of carbonyl (C=O) groups excluding carboxylic acids is 2. The lowest BCUT2D eigenvalue weighted by Gasteiger charge is -2.42. The summed E-state index contributed by atoms with van der Waals surface area (Å²) in [5.41, 5.74) is 8.34. The van der Waals surface area contributed by atoms with Crippen LogP contribution in [0.3, 0.4) is 0 Å². The minimum atomic E-state index is -0.143. The van der Waals surface area contributed by atoms with Gasteiger partial charge in [0.2, 0.25) is 5.91 Å². The normalized spacial score (nSPS) is 21.9. The van der Waals surface area contributed by atoms with Gasteiger partial charge in [-0.15, -0.1) is 0 Å². The number of hydrogen-bond donors (Lipinski definition) is 1. The van der Waals surface area contributed by atoms with E-state index in [0.29, 0.717) is 36.6 Å². The monoisotopic (exact) mass is 570 g/mol. The highest BCUT2D eigenvalue weighted by Crippen LogP contribution is 2.38. The number of likely N-dealkylation sites (tertiary alicyclic amines) is 1. The van der Waals surface area contributed by atoms with Crippen LogP contribution in [0, 0.1) is 11.8 Å². The SMILES string of the molecule is COc1ccc(C2=NN(C3CCN(CC(=O)c4cc(Cl)c(N)c(Cl)c4)CC3)C(=O)C3CC=CCC23)cc1OC. The molecule has 1 fully saturated rings. The summed E-state index contributed by atoms with van der Waals surface area (Å²) in [7, 11) is 3.22. The maximum absolute atomic E-state index is 13.6. The molecule has 5 rings (SSSR count). The third-order valence-electron chi connectivity index (χ3n) is 7.89. The minimum Gasteiger partial charge on any atom is -0.493 e. The van der Waals surface area contributed by atoms with Gasteiger partial charge in [0.15, 0.2) is 17.3 Å². The third-order valence-corrected chi connectivity index (χ3v) is 8.52. The first-order valence-electron chi connectivity index (χ1n) is 13.1. The molecular weight excluding hydrogens is 539 g/mol. The van der Waals surface area contributed by atoms with E-state index in [1.54, 1.807) is 31.4 Å². The number of piperidine rings is 1. The summed E-state index contributed by atoms with van der Waals surface area (Å²) in [6, 6.07) is 8.87. The van der Waals surface area contributed by atoms with E-state index in [1.807, 2.05) is 18.2 Å². The zero-order valence-electron chi connectivity index (χ0n) is 22.0. The van der Waals surface area contributed by atoms with Gasteiger partial charge in [-0.2, -0.15) is 5.10 Å². The van der Waals surface area contributed by atoms with Crippen LogP contribution in [0.4, 0.5) is 5.69 Å². The summed E-state index contributed by atoms with van der Waals surface area (Å²) in [5, 5.41) is 7.23. The van der Waals surface area contributed by atoms with Crippen molar-refractivity contribution in [3.8, 4) is 11.5 Å². The standard InChI is InChI=1S/C29H32Cl2N4O4/c1-38-25-8-7-17(15-26(25)39-2)28-20-5-3-4-6-21(20)29(37)35(33-28)19-9-11-34(12-10-19)16-24(36)18-13-22(30)27(32)23(31)14-18/h3-4,7-8,13-15,19-21H,5-6,9-12,16,32H2,1-2H3. The number of halogens is 2. The first kappa shape index (κ1) is 27.5. The maximum atomic E-state index is 13.6. The van der Waals surface area contributed by atoms with Gasteiger partial charge >= 0.3 is 0 Å². The van der Waals surface area contributed by atoms with Crippen molar-refractivity contribution in [1.29, 1.82) is 0 Å². The second-order valence-electron chi connectivity index (χ2n) is 10.2. The van der Waals surface area contributed by atoms with Crippen LogP contribution in [0.25, 0.3) is 0 Å². The second kappa shape index (κ2) is 11.6. The molecule has 2 aliphatic heterocycles. The summed E-state index contributed by atoms with van der Waals surface area (Å²) < 4.78 is 10.9. The van der Waals surface area contributed by atoms with Crippen LogP contribution in [-0.2, 0) is 4.79 Å². The molecule has 0 bridgehead atoms. The van der Waals surface area contributed by atoms with Crippen molar-refractivity contribution in [1.82, 2.24) is 9.91 Å². The van der Waals surface area contributed by atoms with E-state index in [1.165, 1.54) is 0 Å². The first-order chi connectivity index (χ1) is 18.8. The molecule has 10 heteroatoms. The number of Topliss-reactive ketones (excluding diaryl/α,β-unsaturated/α-hetero) is 1. The highest BCUT2D eigenvalue weighted by Gasteiger charge is 2.43. The number of hydrazone groups is 1. The van der Waals surface area contributed by atoms with Crippen LogP contribution in [-0.4, -0.2) is 67.2 Å². The van der Waals surface area contributed by atoms with Crippen molar-refractivity contribution in [2.24, 2.45) is 16.9 Å². The number of allylic oxidation sites excluding steroid dienone is 2. The van der Waals surface area contributed by atoms with E-state index >= 15 is 0 Å². The van der Waals surface area contributed by atoms with Gasteiger partial charge in [-0.25, -0.2) is 5.01 Å². The molecule has 1 aliphatic carbocycles. The number of hydrogen-bond acceptors (Lipinski definition) is 7. The van der Waals surface area contributed by atoms with E-state index in [9.17, 15) is 9.59 Å². The number of amides is 1. The van der Waals surface area contributed by atoms with Crippen LogP contribution in [0.15, 0.2) is 47.6 Å². The summed E-state index contributed by atoms with van der Waals surface area (Å²) in [4.78, 5) is 28.6. The Bertz CT molecular complexity index is 1310. The van der Waals surface area contributed by atoms with Crippen molar-refractivity contribution in [3.05, 3.63) is 63.7 Å². The molecule has 0 aromatic heterocycles. The van der Waals surface area contributed by atoms with E-state index in [-0.39, 0.29) is 51.8 Å². The molecule has 0 radical (unpaired) electrons. The van der Waals surface area contributed by atoms with Gasteiger partial charge in [-0.1, -0.05) is 35.4 Å². The van der Waals surface area contributed by atoms with Crippen LogP contribution >= 0.6 is 23.2 Å². The Kier molecular flexibility index (Phi) is 8.16. The smallest absolute Gasteiger partial charge is 0.247 e. The molecule has 0 spiro atoms. The Hall–Kier alpha value is -3.07. The fourth-order valence-electron chi connectivity index (χ4n) is 5.69.